The topological polar surface area (TPSA) is 24.1 Å². The summed E-state index contributed by atoms with van der Waals surface area (Å²) in [6.07, 6.45) is 5.04. The fourth-order valence-corrected chi connectivity index (χ4v) is 0.463. The molecule has 0 saturated heterocycles. The molecular weight excluding hydrogens is 112 g/mol. The summed E-state index contributed by atoms with van der Waals surface area (Å²) in [5.41, 5.74) is 0. The maximum Gasteiger partial charge on any atom is 0.0139 e. The third-order valence-corrected chi connectivity index (χ3v) is 0.917. The van der Waals surface area contributed by atoms with Gasteiger partial charge in [-0.1, -0.05) is 6.92 Å². The zero-order valence-electron chi connectivity index (χ0n) is 6.28. The van der Waals surface area contributed by atoms with Crippen LogP contribution in [-0.4, -0.2) is 13.1 Å². The molecule has 0 spiro atoms. The average molecular weight is 128 g/mol. The van der Waals surface area contributed by atoms with Gasteiger partial charge >= 0.3 is 0 Å². The van der Waals surface area contributed by atoms with Crippen LogP contribution in [0.5, 0.6) is 0 Å². The fraction of sp³-hybridized carbons (Fsp3) is 0.714. The van der Waals surface area contributed by atoms with Gasteiger partial charge < -0.3 is 10.6 Å². The molecule has 0 heterocycles. The van der Waals surface area contributed by atoms with E-state index in [0.29, 0.717) is 0 Å². The summed E-state index contributed by atoms with van der Waals surface area (Å²) in [5.74, 6) is 0. The maximum absolute atomic E-state index is 3.13. The van der Waals surface area contributed by atoms with E-state index < -0.39 is 0 Å². The predicted octanol–water partition coefficient (Wildman–Crippen LogP) is 1.07. The highest BCUT2D eigenvalue weighted by Crippen LogP contribution is 1.68. The molecule has 0 aromatic carbocycles. The zero-order chi connectivity index (χ0) is 6.95. The van der Waals surface area contributed by atoms with Gasteiger partial charge in [-0.25, -0.2) is 0 Å². The molecule has 0 aliphatic rings. The molecule has 2 N–H and O–H groups in total. The number of hydrogen-bond donors (Lipinski definition) is 2. The van der Waals surface area contributed by atoms with Crippen molar-refractivity contribution in [2.45, 2.75) is 20.3 Å². The first-order valence-corrected chi connectivity index (χ1v) is 3.53. The van der Waals surface area contributed by atoms with Crippen LogP contribution in [0.15, 0.2) is 12.4 Å². The molecule has 0 aliphatic carbocycles. The Balaban J connectivity index is 2.86. The molecule has 9 heavy (non-hydrogen) atoms. The van der Waals surface area contributed by atoms with Crippen LogP contribution >= 0.6 is 0 Å². The van der Waals surface area contributed by atoms with Gasteiger partial charge in [-0.05, 0) is 13.3 Å². The Morgan fingerprint density at radius 3 is 2.33 bits per heavy atom. The summed E-state index contributed by atoms with van der Waals surface area (Å²) in [6, 6.07) is 0. The summed E-state index contributed by atoms with van der Waals surface area (Å²) in [5, 5.41) is 6.19. The Morgan fingerprint density at radius 2 is 1.78 bits per heavy atom. The van der Waals surface area contributed by atoms with E-state index >= 15 is 0 Å². The molecule has 0 rings (SSSR count). The summed E-state index contributed by atoms with van der Waals surface area (Å²) < 4.78 is 0. The lowest BCUT2D eigenvalue weighted by molar-refractivity contribution is 0.797. The first kappa shape index (κ1) is 8.34. The van der Waals surface area contributed by atoms with Crippen molar-refractivity contribution in [2.75, 3.05) is 13.1 Å². The Hall–Kier alpha value is -0.660. The number of hydrogen-bond acceptors (Lipinski definition) is 2. The van der Waals surface area contributed by atoms with Crippen molar-refractivity contribution in [3.8, 4) is 0 Å². The quantitative estimate of drug-likeness (QED) is 0.541. The SMILES string of the molecule is CCCN/C=C\NCC. The van der Waals surface area contributed by atoms with E-state index in [2.05, 4.69) is 24.5 Å². The standard InChI is InChI=1S/C7H16N2/c1-3-5-9-7-6-8-4-2/h6-9H,3-5H2,1-2H3/b7-6-. The summed E-state index contributed by atoms with van der Waals surface area (Å²) in [6.45, 7) is 6.27. The molecule has 0 unspecified atom stereocenters. The largest absolute Gasteiger partial charge is 0.390 e. The average Bonchev–Trinajstić information content (AvgIpc) is 1.89. The molecule has 0 aromatic heterocycles. The molecule has 2 heteroatoms. The molecule has 0 radical (unpaired) electrons. The Kier molecular flexibility index (Phi) is 6.80. The molecule has 0 amide bonds. The van der Waals surface area contributed by atoms with Crippen molar-refractivity contribution in [2.24, 2.45) is 0 Å². The smallest absolute Gasteiger partial charge is 0.0139 e. The molecule has 54 valence electrons. The van der Waals surface area contributed by atoms with Crippen LogP contribution < -0.4 is 10.6 Å². The van der Waals surface area contributed by atoms with Crippen LogP contribution in [0.3, 0.4) is 0 Å². The predicted molar refractivity (Wildman–Crippen MR) is 41.1 cm³/mol. The Bertz CT molecular complexity index is 69.3. The first-order chi connectivity index (χ1) is 4.41. The number of nitrogens with one attached hydrogen (secondary N) is 2. The van der Waals surface area contributed by atoms with Gasteiger partial charge in [-0.15, -0.1) is 0 Å². The second-order valence-electron chi connectivity index (χ2n) is 1.85. The van der Waals surface area contributed by atoms with Crippen LogP contribution in [0, 0.1) is 0 Å². The van der Waals surface area contributed by atoms with Crippen molar-refractivity contribution in [3.05, 3.63) is 12.4 Å². The lowest BCUT2D eigenvalue weighted by Gasteiger charge is -1.95. The van der Waals surface area contributed by atoms with Crippen molar-refractivity contribution in [1.82, 2.24) is 10.6 Å². The van der Waals surface area contributed by atoms with Gasteiger partial charge in [-0.3, -0.25) is 0 Å². The molecule has 0 bridgehead atoms. The third kappa shape index (κ3) is 7.34. The highest BCUT2D eigenvalue weighted by atomic mass is 14.9. The fourth-order valence-electron chi connectivity index (χ4n) is 0.463. The van der Waals surface area contributed by atoms with Crippen LogP contribution in [0.4, 0.5) is 0 Å². The van der Waals surface area contributed by atoms with E-state index in [1.54, 1.807) is 0 Å². The van der Waals surface area contributed by atoms with Gasteiger partial charge in [0.25, 0.3) is 0 Å². The summed E-state index contributed by atoms with van der Waals surface area (Å²) >= 11 is 0. The van der Waals surface area contributed by atoms with E-state index in [-0.39, 0.29) is 0 Å². The van der Waals surface area contributed by atoms with Crippen molar-refractivity contribution >= 4 is 0 Å². The van der Waals surface area contributed by atoms with E-state index in [1.165, 1.54) is 6.42 Å². The molecule has 0 saturated carbocycles. The van der Waals surface area contributed by atoms with Crippen molar-refractivity contribution < 1.29 is 0 Å². The van der Waals surface area contributed by atoms with Gasteiger partial charge in [0.15, 0.2) is 0 Å². The van der Waals surface area contributed by atoms with Gasteiger partial charge in [-0.2, -0.15) is 0 Å². The molecule has 0 fully saturated rings. The van der Waals surface area contributed by atoms with Gasteiger partial charge in [0.05, 0.1) is 0 Å². The monoisotopic (exact) mass is 128 g/mol. The second-order valence-corrected chi connectivity index (χ2v) is 1.85. The van der Waals surface area contributed by atoms with Crippen molar-refractivity contribution in [3.63, 3.8) is 0 Å². The molecule has 0 aromatic rings. The minimum Gasteiger partial charge on any atom is -0.390 e. The third-order valence-electron chi connectivity index (χ3n) is 0.917. The minimum absolute atomic E-state index is 0.990. The lowest BCUT2D eigenvalue weighted by Crippen LogP contribution is -2.09. The highest BCUT2D eigenvalue weighted by molar-refractivity contribution is 4.75. The van der Waals surface area contributed by atoms with Crippen LogP contribution in [0.1, 0.15) is 20.3 Å². The van der Waals surface area contributed by atoms with E-state index in [0.717, 1.165) is 13.1 Å². The van der Waals surface area contributed by atoms with Gasteiger partial charge in [0, 0.05) is 25.5 Å². The van der Waals surface area contributed by atoms with E-state index in [9.17, 15) is 0 Å². The van der Waals surface area contributed by atoms with Gasteiger partial charge in [0.1, 0.15) is 0 Å². The van der Waals surface area contributed by atoms with Crippen LogP contribution in [-0.2, 0) is 0 Å². The molecule has 0 aliphatic heterocycles. The Morgan fingerprint density at radius 1 is 1.11 bits per heavy atom. The van der Waals surface area contributed by atoms with E-state index in [4.69, 9.17) is 0 Å². The first-order valence-electron chi connectivity index (χ1n) is 3.53. The Labute approximate surface area is 57.3 Å². The number of rotatable bonds is 5. The molecule has 0 atom stereocenters. The van der Waals surface area contributed by atoms with Crippen molar-refractivity contribution in [1.29, 1.82) is 0 Å². The van der Waals surface area contributed by atoms with Gasteiger partial charge in [0.2, 0.25) is 0 Å². The normalized spacial score (nSPS) is 10.0. The highest BCUT2D eigenvalue weighted by Gasteiger charge is 1.71. The minimum atomic E-state index is 0.990. The van der Waals surface area contributed by atoms with Crippen LogP contribution in [0.25, 0.3) is 0 Å². The second kappa shape index (κ2) is 7.34. The zero-order valence-corrected chi connectivity index (χ0v) is 6.28. The molecule has 2 nitrogen and oxygen atoms in total. The maximum atomic E-state index is 3.13. The summed E-state index contributed by atoms with van der Waals surface area (Å²) in [7, 11) is 0. The van der Waals surface area contributed by atoms with Crippen LogP contribution in [0.2, 0.25) is 0 Å². The summed E-state index contributed by atoms with van der Waals surface area (Å²) in [4.78, 5) is 0. The molecular formula is C7H16N2. The van der Waals surface area contributed by atoms with E-state index in [1.807, 2.05) is 12.4 Å². The lowest BCUT2D eigenvalue weighted by atomic mass is 10.5.